The molecule has 31 heteroatoms. The smallest absolute Gasteiger partial charge is 0.455 e. The molecule has 4 aromatic rings. The molecule has 0 saturated carbocycles. The fraction of sp³-hybridized carbons (Fsp3) is 0.485. The van der Waals surface area contributed by atoms with Crippen LogP contribution in [-0.2, 0) is 53.1 Å². The van der Waals surface area contributed by atoms with Gasteiger partial charge in [0, 0.05) is 29.8 Å². The Hall–Kier alpha value is -5.64. The number of nitrogens with zero attached hydrogens (tertiary/aromatic N) is 9. The van der Waals surface area contributed by atoms with Crippen molar-refractivity contribution in [3.05, 3.63) is 75.7 Å². The third-order valence-electron chi connectivity index (χ3n) is 9.66. The second-order valence-corrected chi connectivity index (χ2v) is 16.7. The highest BCUT2D eigenvalue weighted by molar-refractivity contribution is 7.47. The number of aliphatic hydroxyl groups excluding tert-OH is 1. The number of carbonyl (C=O) groups is 2. The lowest BCUT2D eigenvalue weighted by Crippen LogP contribution is -2.43. The van der Waals surface area contributed by atoms with Crippen LogP contribution in [0.4, 0.5) is 22.1 Å². The number of anilines is 2. The first kappa shape index (κ1) is 47.8. The highest BCUT2D eigenvalue weighted by atomic mass is 31.2. The Morgan fingerprint density at radius 2 is 1.81 bits per heavy atom. The van der Waals surface area contributed by atoms with Crippen LogP contribution < -0.4 is 28.2 Å². The van der Waals surface area contributed by atoms with E-state index in [2.05, 4.69) is 39.8 Å². The number of phosphoric ester groups is 2. The number of hydrogen-bond acceptors (Lipinski definition) is 21. The summed E-state index contributed by atoms with van der Waals surface area (Å²) >= 11 is 0. The molecule has 64 heavy (non-hydrogen) atoms. The molecule has 2 unspecified atom stereocenters. The minimum Gasteiger partial charge on any atom is -0.455 e. The first-order chi connectivity index (χ1) is 30.4. The molecule has 2 aliphatic heterocycles. The zero-order chi connectivity index (χ0) is 46.2. The van der Waals surface area contributed by atoms with Gasteiger partial charge in [-0.05, 0) is 36.4 Å². The van der Waals surface area contributed by atoms with Gasteiger partial charge in [0.15, 0.2) is 23.8 Å². The zero-order valence-electron chi connectivity index (χ0n) is 33.2. The zero-order valence-corrected chi connectivity index (χ0v) is 35.0. The topological polar surface area (TPSA) is 431 Å². The van der Waals surface area contributed by atoms with E-state index in [-0.39, 0.29) is 48.8 Å². The Labute approximate surface area is 360 Å². The minimum absolute atomic E-state index is 0.00342. The molecule has 0 spiro atoms. The number of imidazole rings is 1. The summed E-state index contributed by atoms with van der Waals surface area (Å²) < 4.78 is 64.8. The molecule has 0 bridgehead atoms. The van der Waals surface area contributed by atoms with Crippen molar-refractivity contribution in [1.82, 2.24) is 34.4 Å². The average molecular weight is 940 g/mol. The van der Waals surface area contributed by atoms with Gasteiger partial charge in [0.2, 0.25) is 0 Å². The van der Waals surface area contributed by atoms with Crippen molar-refractivity contribution in [1.29, 1.82) is 0 Å². The molecule has 11 N–H and O–H groups in total. The maximum Gasteiger partial charge on any atom is 0.472 e. The first-order valence-corrected chi connectivity index (χ1v) is 22.1. The average Bonchev–Trinajstić information content (AvgIpc) is 3.93. The molecule has 6 rings (SSSR count). The minimum atomic E-state index is -5.20. The Bertz CT molecular complexity index is 2500. The number of unbranched alkanes of at least 4 members (excludes halogenated alkanes) is 1. The van der Waals surface area contributed by atoms with Gasteiger partial charge in [0.25, 0.3) is 0 Å². The van der Waals surface area contributed by atoms with Crippen LogP contribution in [0.15, 0.2) is 59.1 Å². The van der Waals surface area contributed by atoms with Crippen LogP contribution in [0.5, 0.6) is 0 Å². The van der Waals surface area contributed by atoms with Crippen molar-refractivity contribution in [2.24, 2.45) is 10.8 Å². The van der Waals surface area contributed by atoms with E-state index < -0.39 is 95.6 Å². The summed E-state index contributed by atoms with van der Waals surface area (Å²) in [4.78, 5) is 86.0. The molecule has 2 aliphatic rings. The quantitative estimate of drug-likeness (QED) is 0.0151. The molecule has 9 atom stereocenters. The van der Waals surface area contributed by atoms with Crippen molar-refractivity contribution in [3.63, 3.8) is 0 Å². The second kappa shape index (κ2) is 20.9. The molecule has 2 saturated heterocycles. The monoisotopic (exact) mass is 939 g/mol. The van der Waals surface area contributed by atoms with Crippen LogP contribution in [0.25, 0.3) is 21.6 Å². The number of benzene rings is 1. The number of aliphatic hydroxyl groups is 1. The van der Waals surface area contributed by atoms with Gasteiger partial charge >= 0.3 is 33.4 Å². The number of nitrogens with one attached hydrogen (secondary N) is 1. The number of nitrogen functional groups attached to an aromatic ring is 2. The third kappa shape index (κ3) is 12.3. The van der Waals surface area contributed by atoms with Crippen LogP contribution in [0.1, 0.15) is 43.7 Å². The van der Waals surface area contributed by atoms with E-state index in [1.165, 1.54) is 23.2 Å². The fourth-order valence-electron chi connectivity index (χ4n) is 6.59. The number of nitrogens with two attached hydrogens (primary N) is 3. The second-order valence-electron chi connectivity index (χ2n) is 14.1. The van der Waals surface area contributed by atoms with E-state index in [9.17, 15) is 43.3 Å². The summed E-state index contributed by atoms with van der Waals surface area (Å²) in [6.07, 6.45) is -7.11. The number of fused-ring (bicyclic) bond motifs is 1. The van der Waals surface area contributed by atoms with Crippen LogP contribution >= 0.6 is 15.6 Å². The lowest BCUT2D eigenvalue weighted by atomic mass is 10.1. The highest BCUT2D eigenvalue weighted by Crippen LogP contribution is 2.50. The summed E-state index contributed by atoms with van der Waals surface area (Å²) in [6.45, 7) is -1.73. The molecule has 1 amide bonds. The van der Waals surface area contributed by atoms with E-state index >= 15 is 0 Å². The first-order valence-electron chi connectivity index (χ1n) is 19.0. The van der Waals surface area contributed by atoms with Gasteiger partial charge in [-0.3, -0.25) is 27.5 Å². The van der Waals surface area contributed by atoms with Crippen molar-refractivity contribution < 1.29 is 71.0 Å². The molecule has 2 fully saturated rings. The van der Waals surface area contributed by atoms with Crippen LogP contribution in [0.3, 0.4) is 0 Å². The largest absolute Gasteiger partial charge is 0.472 e. The molecule has 0 radical (unpaired) electrons. The maximum absolute atomic E-state index is 13.4. The number of alkyl carbamates (subject to hydrolysis) is 1. The third-order valence-corrected chi connectivity index (χ3v) is 11.2. The maximum atomic E-state index is 13.4. The van der Waals surface area contributed by atoms with Gasteiger partial charge in [-0.1, -0.05) is 29.4 Å². The Kier molecular flexibility index (Phi) is 15.6. The predicted octanol–water partition coefficient (Wildman–Crippen LogP) is 0.683. The van der Waals surface area contributed by atoms with E-state index in [0.717, 1.165) is 10.9 Å². The van der Waals surface area contributed by atoms with Crippen molar-refractivity contribution in [3.8, 4) is 0 Å². The molecule has 346 valence electrons. The molecule has 3 aromatic heterocycles. The summed E-state index contributed by atoms with van der Waals surface area (Å²) in [6, 6.07) is 6.58. The van der Waals surface area contributed by atoms with E-state index in [0.29, 0.717) is 24.1 Å². The number of phosphoric acid groups is 2. The molecule has 0 aliphatic carbocycles. The van der Waals surface area contributed by atoms with E-state index in [4.69, 9.17) is 50.7 Å². The van der Waals surface area contributed by atoms with Gasteiger partial charge < -0.3 is 61.3 Å². The summed E-state index contributed by atoms with van der Waals surface area (Å²) in [5.74, 6) is -1.10. The Morgan fingerprint density at radius 1 is 1.05 bits per heavy atom. The Balaban J connectivity index is 1.08. The molecule has 1 aromatic carbocycles. The number of azide groups is 1. The number of aromatic nitrogens is 6. The molecule has 29 nitrogen and oxygen atoms in total. The number of amides is 1. The van der Waals surface area contributed by atoms with Gasteiger partial charge in [-0.2, -0.15) is 4.98 Å². The summed E-state index contributed by atoms with van der Waals surface area (Å²) in [5, 5.41) is 17.6. The fourth-order valence-corrected chi connectivity index (χ4v) is 7.90. The highest BCUT2D eigenvalue weighted by Gasteiger charge is 2.50. The lowest BCUT2D eigenvalue weighted by Gasteiger charge is -2.24. The number of rotatable bonds is 20. The predicted molar refractivity (Wildman–Crippen MR) is 215 cm³/mol. The SMILES string of the molecule is [N-]=[N+]=Nc1ccccc1COC(=O)NCCCCC(N)C(=O)O[C@H]1[C@@H](O)[C@H](n2cnc3c(N)ncnc32)O[C@H]1COP(=O)(O)O[C@H]1C[C@H](n2ccc(N)nc2=O)O[C@@H]1COP(=O)(O)O. The lowest BCUT2D eigenvalue weighted by molar-refractivity contribution is -0.158. The number of ether oxygens (including phenoxy) is 4. The van der Waals surface area contributed by atoms with Gasteiger partial charge in [0.1, 0.15) is 61.0 Å². The van der Waals surface area contributed by atoms with E-state index in [1.807, 2.05) is 0 Å². The number of esters is 1. The molecule has 5 heterocycles. The molecular formula is C33H43N13O16P2. The van der Waals surface area contributed by atoms with Gasteiger partial charge in [-0.15, -0.1) is 0 Å². The summed E-state index contributed by atoms with van der Waals surface area (Å²) in [5.41, 5.74) is 26.5. The van der Waals surface area contributed by atoms with Crippen molar-refractivity contribution in [2.75, 3.05) is 31.2 Å². The normalized spacial score (nSPS) is 23.5. The van der Waals surface area contributed by atoms with E-state index in [1.54, 1.807) is 24.3 Å². The number of hydrogen-bond donors (Lipinski definition) is 8. The number of carbonyl (C=O) groups excluding carboxylic acids is 2. The van der Waals surface area contributed by atoms with Crippen molar-refractivity contribution >= 4 is 56.2 Å². The summed E-state index contributed by atoms with van der Waals surface area (Å²) in [7, 11) is -10.3. The van der Waals surface area contributed by atoms with Crippen LogP contribution in [0, 0.1) is 0 Å². The van der Waals surface area contributed by atoms with Crippen LogP contribution in [0.2, 0.25) is 0 Å². The van der Waals surface area contributed by atoms with Crippen LogP contribution in [-0.4, -0.2) is 117 Å². The van der Waals surface area contributed by atoms with Gasteiger partial charge in [0.05, 0.1) is 19.5 Å². The Morgan fingerprint density at radius 3 is 2.56 bits per heavy atom. The van der Waals surface area contributed by atoms with Crippen molar-refractivity contribution in [2.45, 2.75) is 81.3 Å². The van der Waals surface area contributed by atoms with Gasteiger partial charge in [-0.25, -0.2) is 33.7 Å². The molecular weight excluding hydrogens is 896 g/mol. The standard InChI is InChI=1S/C33H43N13O16P2/c34-18(6-3-4-9-38-33(50)56-12-17-5-1-2-7-19(17)43-44-37)31(48)61-27-22(60-30(26(27)47)46-16-41-25-28(36)39-15-40-29(25)46)14-58-64(54,55)62-20-11-24(45-10-8-23(35)42-32(45)49)59-21(20)13-57-63(51,52)53/h1-2,5,7-8,10,15-16,18,20-22,24,26-27,30,47H,3-4,6,9,11-14,34H2,(H,38,50)(H,54,55)(H2,35,42,49)(H2,36,39,40)(H2,51,52,53)/t18?,20-,21+,22-,24+,26+,27+,30+/m0/s1.